The highest BCUT2D eigenvalue weighted by Gasteiger charge is 2.54. The number of carbonyl (C=O) groups is 6. The Morgan fingerprint density at radius 3 is 1.19 bits per heavy atom. The standard InChI is InChI=1S/C29H33N7O2.C27H29F2N7O2.C26H27F2N7O2/c1-3-5-24(37)34-11-10-29(17-34)13-22(14-29)36-27(30)25(28(31)38)26(33-36)23-16-35(32-18(23)2)15-19-6-4-7-21(12-19)20-8-9-20;1-3-5-21(37)34-9-8-27(15-34)11-19(12-27)36-25(30)22(26(31)38)23(33-36)20-14-35(32-16(20)2)13-17-6-4-7-18(10-17)24(28)29;1-2-4-20(36)33-8-7-26(15-33)10-19(11-26)35-24(29)21(25(30)37)22(32-35)18-12-31-34(14-18)13-16-5-3-6-17(9-16)23(27)28/h4,6-7,12,16,20,22H,8-11,13-15,17,30H2,1-2H3,(H2,31,38);4,6-7,10,14,19,24H,8-9,11-13,15,30H2,1-2H3,(H2,31,38);3,5-6,9,12,14,19,23H,7-8,10-11,13,15,29H2,1H3,(H2,30,37). The van der Waals surface area contributed by atoms with Gasteiger partial charge in [-0.15, -0.1) is 0 Å². The van der Waals surface area contributed by atoms with Gasteiger partial charge in [0, 0.05) is 85.7 Å². The second kappa shape index (κ2) is 31.0. The maximum atomic E-state index is 13.1. The predicted molar refractivity (Wildman–Crippen MR) is 413 cm³/mol. The molecule has 113 heavy (non-hydrogen) atoms. The van der Waals surface area contributed by atoms with Crippen molar-refractivity contribution in [2.45, 2.75) is 162 Å². The van der Waals surface area contributed by atoms with Gasteiger partial charge in [-0.1, -0.05) is 78.4 Å². The van der Waals surface area contributed by atoms with Gasteiger partial charge < -0.3 is 49.1 Å². The molecule has 7 fully saturated rings. The summed E-state index contributed by atoms with van der Waals surface area (Å²) in [6, 6.07) is 21.0. The Morgan fingerprint density at radius 2 is 0.832 bits per heavy atom. The lowest BCUT2D eigenvalue weighted by Gasteiger charge is -2.45. The van der Waals surface area contributed by atoms with Crippen LogP contribution in [0.1, 0.15) is 204 Å². The van der Waals surface area contributed by atoms with Crippen LogP contribution in [-0.4, -0.2) is 148 Å². The molecule has 31 heteroatoms. The van der Waals surface area contributed by atoms with E-state index >= 15 is 0 Å². The molecule has 4 saturated carbocycles. The minimum Gasteiger partial charge on any atom is -0.383 e. The molecule has 0 bridgehead atoms. The molecule has 0 radical (unpaired) electrons. The molecule has 7 aliphatic rings. The number of primary amides is 3. The van der Waals surface area contributed by atoms with Gasteiger partial charge in [0.05, 0.1) is 55.3 Å². The normalized spacial score (nSPS) is 21.1. The van der Waals surface area contributed by atoms with Crippen LogP contribution in [0.5, 0.6) is 0 Å². The first-order valence-corrected chi connectivity index (χ1v) is 37.7. The highest BCUT2D eigenvalue weighted by Crippen LogP contribution is 2.58. The van der Waals surface area contributed by atoms with Gasteiger partial charge in [0.1, 0.15) is 51.2 Å². The highest BCUT2D eigenvalue weighted by atomic mass is 19.3. The number of alkyl halides is 4. The number of nitrogens with two attached hydrogens (primary N) is 6. The average Bonchev–Trinajstić information content (AvgIpc) is 1.60. The Morgan fingerprint density at radius 1 is 0.478 bits per heavy atom. The number of nitrogens with zero attached hydrogens (tertiary/aromatic N) is 15. The lowest BCUT2D eigenvalue weighted by Crippen LogP contribution is -2.42. The van der Waals surface area contributed by atoms with E-state index in [1.165, 1.54) is 48.2 Å². The van der Waals surface area contributed by atoms with Crippen molar-refractivity contribution in [3.63, 3.8) is 0 Å². The van der Waals surface area contributed by atoms with E-state index in [-0.39, 0.29) is 105 Å². The molecular formula is C82H89F4N21O6. The number of benzene rings is 3. The van der Waals surface area contributed by atoms with E-state index in [0.29, 0.717) is 103 Å². The first-order valence-electron chi connectivity index (χ1n) is 37.7. The lowest BCUT2D eigenvalue weighted by atomic mass is 9.65. The van der Waals surface area contributed by atoms with E-state index in [9.17, 15) is 46.3 Å². The molecule has 3 aliphatic heterocycles. The third kappa shape index (κ3) is 15.7. The molecule has 0 atom stereocenters. The summed E-state index contributed by atoms with van der Waals surface area (Å²) in [5, 5.41) is 27.7. The summed E-state index contributed by atoms with van der Waals surface area (Å²) >= 11 is 0. The second-order valence-electron chi connectivity index (χ2n) is 31.2. The summed E-state index contributed by atoms with van der Waals surface area (Å²) in [6.07, 6.45) is 11.8. The van der Waals surface area contributed by atoms with E-state index in [0.717, 1.165) is 69.0 Å². The molecule has 6 amide bonds. The predicted octanol–water partition coefficient (Wildman–Crippen LogP) is 9.53. The second-order valence-corrected chi connectivity index (χ2v) is 31.2. The average molecular weight is 1540 g/mol. The number of likely N-dealkylation sites (tertiary alicyclic amines) is 3. The molecule has 9 heterocycles. The summed E-state index contributed by atoms with van der Waals surface area (Å²) in [4.78, 5) is 79.2. The Balaban J connectivity index is 0.000000141. The van der Waals surface area contributed by atoms with Gasteiger partial charge in [-0.25, -0.2) is 31.6 Å². The fourth-order valence-electron chi connectivity index (χ4n) is 17.5. The Bertz CT molecular complexity index is 5230. The highest BCUT2D eigenvalue weighted by molar-refractivity contribution is 6.05. The van der Waals surface area contributed by atoms with Crippen LogP contribution in [0.25, 0.3) is 33.8 Å². The Hall–Kier alpha value is -12.5. The molecule has 12 N–H and O–H groups in total. The van der Waals surface area contributed by atoms with Crippen LogP contribution in [0.3, 0.4) is 0 Å². The summed E-state index contributed by atoms with van der Waals surface area (Å²) in [6.45, 7) is 13.9. The van der Waals surface area contributed by atoms with Crippen molar-refractivity contribution in [1.82, 2.24) is 73.4 Å². The topological polar surface area (TPSA) is 375 Å². The summed E-state index contributed by atoms with van der Waals surface area (Å²) in [5.74, 6) is 14.8. The number of rotatable bonds is 18. The van der Waals surface area contributed by atoms with E-state index in [1.807, 2.05) is 22.7 Å². The first kappa shape index (κ1) is 77.3. The minimum atomic E-state index is -2.56. The SMILES string of the molecule is CC#CC(=O)N1CCC2(CC(n3nc(-c4cn(Cc5cccc(C(F)F)c5)nc4C)c(C(N)=O)c3N)C2)C1.CC#CC(=O)N1CCC2(CC(n3nc(-c4cn(Cc5cccc(C6CC6)c5)nc4C)c(C(N)=O)c3N)C2)C1.CC#CC(=O)N1CCC2(CC(n3nc(-c4cnn(Cc5cccc(C(F)F)c5)c4)c(C(N)=O)c3N)C2)C1. The van der Waals surface area contributed by atoms with E-state index in [2.05, 4.69) is 75.1 Å². The molecule has 6 aromatic heterocycles. The fourth-order valence-corrected chi connectivity index (χ4v) is 17.5. The van der Waals surface area contributed by atoms with Crippen molar-refractivity contribution in [1.29, 1.82) is 0 Å². The summed E-state index contributed by atoms with van der Waals surface area (Å²) in [5.41, 5.74) is 45.2. The van der Waals surface area contributed by atoms with Crippen LogP contribution >= 0.6 is 0 Å². The largest absolute Gasteiger partial charge is 0.383 e. The van der Waals surface area contributed by atoms with Crippen LogP contribution in [0.15, 0.2) is 97.6 Å². The van der Waals surface area contributed by atoms with Crippen LogP contribution in [0, 0.1) is 65.6 Å². The number of anilines is 3. The lowest BCUT2D eigenvalue weighted by molar-refractivity contribution is -0.125. The van der Waals surface area contributed by atoms with Crippen LogP contribution in [-0.2, 0) is 34.0 Å². The van der Waals surface area contributed by atoms with Gasteiger partial charge >= 0.3 is 0 Å². The molecule has 3 aromatic carbocycles. The zero-order valence-electron chi connectivity index (χ0n) is 63.5. The van der Waals surface area contributed by atoms with Crippen LogP contribution < -0.4 is 34.4 Å². The monoisotopic (exact) mass is 1540 g/mol. The molecule has 586 valence electrons. The zero-order valence-corrected chi connectivity index (χ0v) is 63.5. The first-order chi connectivity index (χ1) is 54.1. The molecule has 0 unspecified atom stereocenters. The van der Waals surface area contributed by atoms with Gasteiger partial charge in [-0.05, 0) is 180 Å². The molecule has 16 rings (SSSR count). The molecule has 3 spiro atoms. The Kier molecular flexibility index (Phi) is 21.2. The smallest absolute Gasteiger partial charge is 0.298 e. The third-order valence-corrected chi connectivity index (χ3v) is 23.3. The van der Waals surface area contributed by atoms with Crippen molar-refractivity contribution in [2.24, 2.45) is 33.4 Å². The number of amides is 6. The van der Waals surface area contributed by atoms with Crippen LogP contribution in [0.4, 0.5) is 35.0 Å². The summed E-state index contributed by atoms with van der Waals surface area (Å²) < 4.78 is 62.5. The van der Waals surface area contributed by atoms with Crippen LogP contribution in [0.2, 0.25) is 0 Å². The number of aromatic nitrogens is 12. The number of aryl methyl sites for hydroxylation is 2. The van der Waals surface area contributed by atoms with Gasteiger partial charge in [0.2, 0.25) is 0 Å². The Labute approximate surface area is 649 Å². The molecular weight excluding hydrogens is 1450 g/mol. The maximum absolute atomic E-state index is 13.1. The zero-order chi connectivity index (χ0) is 80.1. The molecule has 9 aromatic rings. The quantitative estimate of drug-likeness (QED) is 0.0344. The molecule has 4 aliphatic carbocycles. The number of carbonyl (C=O) groups excluding carboxylic acids is 6. The van der Waals surface area contributed by atoms with Gasteiger partial charge in [0.15, 0.2) is 0 Å². The molecule has 27 nitrogen and oxygen atoms in total. The number of halogens is 4. The van der Waals surface area contributed by atoms with Crippen molar-refractivity contribution in [2.75, 3.05) is 56.5 Å². The van der Waals surface area contributed by atoms with Gasteiger partial charge in [0.25, 0.3) is 48.3 Å². The van der Waals surface area contributed by atoms with E-state index in [4.69, 9.17) is 49.7 Å². The van der Waals surface area contributed by atoms with E-state index in [1.54, 1.807) is 104 Å². The minimum absolute atomic E-state index is 0.00116. The number of hydrogen-bond donors (Lipinski definition) is 6. The van der Waals surface area contributed by atoms with Crippen molar-refractivity contribution in [3.05, 3.63) is 159 Å². The maximum Gasteiger partial charge on any atom is 0.298 e. The number of nitrogen functional groups attached to an aromatic ring is 3. The number of hydrogen-bond acceptors (Lipinski definition) is 15. The summed E-state index contributed by atoms with van der Waals surface area (Å²) in [7, 11) is 0. The van der Waals surface area contributed by atoms with Crippen molar-refractivity contribution in [3.8, 4) is 69.3 Å². The molecule has 3 saturated heterocycles. The fraction of sp³-hybridized carbons (Fsp3) is 0.415. The van der Waals surface area contributed by atoms with Crippen molar-refractivity contribution < 1.29 is 46.3 Å². The van der Waals surface area contributed by atoms with Gasteiger partial charge in [-0.2, -0.15) is 30.6 Å². The van der Waals surface area contributed by atoms with Gasteiger partial charge in [-0.3, -0.25) is 42.8 Å². The van der Waals surface area contributed by atoms with Crippen molar-refractivity contribution >= 4 is 52.9 Å². The third-order valence-electron chi connectivity index (χ3n) is 23.3. The van der Waals surface area contributed by atoms with E-state index < -0.39 is 30.6 Å².